The summed E-state index contributed by atoms with van der Waals surface area (Å²) in [5, 5.41) is 2.33. The number of ether oxygens (including phenoxy) is 1. The van der Waals surface area contributed by atoms with Crippen LogP contribution in [0.5, 0.6) is 0 Å². The van der Waals surface area contributed by atoms with Crippen molar-refractivity contribution in [1.29, 1.82) is 0 Å². The molecule has 0 aromatic heterocycles. The topological polar surface area (TPSA) is 75.7 Å². The number of carbonyl (C=O) groups excluding carboxylic acids is 3. The van der Waals surface area contributed by atoms with E-state index < -0.39 is 18.0 Å². The first kappa shape index (κ1) is 9.50. The quantitative estimate of drug-likeness (QED) is 0.538. The first-order valence-corrected chi connectivity index (χ1v) is 3.72. The molecule has 0 saturated carbocycles. The molecule has 13 heavy (non-hydrogen) atoms. The van der Waals surface area contributed by atoms with E-state index in [-0.39, 0.29) is 12.5 Å². The molecule has 0 unspecified atom stereocenters. The number of rotatable bonds is 1. The van der Waals surface area contributed by atoms with Crippen LogP contribution in [0.15, 0.2) is 0 Å². The van der Waals surface area contributed by atoms with Crippen molar-refractivity contribution in [3.8, 4) is 0 Å². The zero-order valence-electron chi connectivity index (χ0n) is 7.36. The van der Waals surface area contributed by atoms with Crippen molar-refractivity contribution in [1.82, 2.24) is 10.2 Å². The Hall–Kier alpha value is -1.59. The molecule has 6 nitrogen and oxygen atoms in total. The van der Waals surface area contributed by atoms with Crippen molar-refractivity contribution in [2.45, 2.75) is 13.0 Å². The summed E-state index contributed by atoms with van der Waals surface area (Å²) in [5.74, 6) is -0.930. The Morgan fingerprint density at radius 3 is 2.62 bits per heavy atom. The maximum Gasteiger partial charge on any atom is 0.330 e. The van der Waals surface area contributed by atoms with Crippen molar-refractivity contribution in [2.24, 2.45) is 0 Å². The molecule has 6 heteroatoms. The van der Waals surface area contributed by atoms with E-state index in [0.29, 0.717) is 0 Å². The van der Waals surface area contributed by atoms with E-state index in [9.17, 15) is 14.4 Å². The van der Waals surface area contributed by atoms with Crippen molar-refractivity contribution < 1.29 is 19.1 Å². The molecule has 0 radical (unpaired) electrons. The van der Waals surface area contributed by atoms with Gasteiger partial charge in [0.1, 0.15) is 6.04 Å². The number of urea groups is 1. The normalized spacial score (nSPS) is 21.2. The zero-order valence-corrected chi connectivity index (χ0v) is 7.36. The molecule has 72 valence electrons. The summed E-state index contributed by atoms with van der Waals surface area (Å²) in [6.07, 6.45) is 0. The number of nitrogens with one attached hydrogen (secondary N) is 1. The summed E-state index contributed by atoms with van der Waals surface area (Å²) in [7, 11) is 1.23. The number of imide groups is 1. The predicted octanol–water partition coefficient (Wildman–Crippen LogP) is -0.900. The Morgan fingerprint density at radius 1 is 1.62 bits per heavy atom. The van der Waals surface area contributed by atoms with Gasteiger partial charge < -0.3 is 10.1 Å². The van der Waals surface area contributed by atoms with E-state index in [1.54, 1.807) is 0 Å². The van der Waals surface area contributed by atoms with E-state index in [1.165, 1.54) is 14.0 Å². The highest BCUT2D eigenvalue weighted by Gasteiger charge is 2.36. The van der Waals surface area contributed by atoms with Crippen molar-refractivity contribution >= 4 is 17.9 Å². The maximum absolute atomic E-state index is 11.0. The first-order chi connectivity index (χ1) is 6.06. The number of methoxy groups -OCH3 is 1. The number of carbonyl (C=O) groups is 3. The fourth-order valence-corrected chi connectivity index (χ4v) is 1.09. The van der Waals surface area contributed by atoms with Crippen LogP contribution in [0.25, 0.3) is 0 Å². The number of esters is 1. The van der Waals surface area contributed by atoms with Gasteiger partial charge in [0.05, 0.1) is 13.7 Å². The molecular weight excluding hydrogens is 176 g/mol. The highest BCUT2D eigenvalue weighted by Crippen LogP contribution is 2.05. The average Bonchev–Trinajstić information content (AvgIpc) is 2.46. The van der Waals surface area contributed by atoms with Gasteiger partial charge in [-0.25, -0.2) is 9.59 Å². The predicted molar refractivity (Wildman–Crippen MR) is 41.7 cm³/mol. The van der Waals surface area contributed by atoms with Gasteiger partial charge in [-0.05, 0) is 0 Å². The standard InChI is InChI=1S/C7H10N2O4/c1-4(10)9-3-5(6(11)13-2)8-7(9)12/h5H,3H2,1-2H3,(H,8,12)/t5-/m0/s1. The van der Waals surface area contributed by atoms with Crippen LogP contribution in [0, 0.1) is 0 Å². The molecule has 1 rings (SSSR count). The Kier molecular flexibility index (Phi) is 2.50. The van der Waals surface area contributed by atoms with E-state index >= 15 is 0 Å². The Morgan fingerprint density at radius 2 is 2.23 bits per heavy atom. The highest BCUT2D eigenvalue weighted by atomic mass is 16.5. The van der Waals surface area contributed by atoms with Crippen molar-refractivity contribution in [3.63, 3.8) is 0 Å². The number of amides is 3. The molecule has 1 heterocycles. The van der Waals surface area contributed by atoms with Crippen LogP contribution in [-0.4, -0.2) is 42.5 Å². The van der Waals surface area contributed by atoms with Gasteiger partial charge in [0, 0.05) is 6.92 Å². The van der Waals surface area contributed by atoms with Gasteiger partial charge in [-0.2, -0.15) is 0 Å². The summed E-state index contributed by atoms with van der Waals surface area (Å²) >= 11 is 0. The second-order valence-corrected chi connectivity index (χ2v) is 2.65. The SMILES string of the molecule is COC(=O)[C@@H]1CN(C(C)=O)C(=O)N1. The van der Waals surface area contributed by atoms with Gasteiger partial charge in [-0.15, -0.1) is 0 Å². The molecular formula is C7H10N2O4. The van der Waals surface area contributed by atoms with E-state index in [4.69, 9.17) is 0 Å². The molecule has 0 bridgehead atoms. The second kappa shape index (κ2) is 3.42. The summed E-state index contributed by atoms with van der Waals surface area (Å²) in [5.41, 5.74) is 0. The lowest BCUT2D eigenvalue weighted by molar-refractivity contribution is -0.142. The minimum atomic E-state index is -0.735. The van der Waals surface area contributed by atoms with Crippen LogP contribution in [0.2, 0.25) is 0 Å². The number of hydrogen-bond acceptors (Lipinski definition) is 4. The molecule has 3 amide bonds. The van der Waals surface area contributed by atoms with E-state index in [0.717, 1.165) is 4.90 Å². The Bertz CT molecular complexity index is 263. The fraction of sp³-hybridized carbons (Fsp3) is 0.571. The fourth-order valence-electron chi connectivity index (χ4n) is 1.09. The molecule has 1 saturated heterocycles. The van der Waals surface area contributed by atoms with Gasteiger partial charge in [0.2, 0.25) is 5.91 Å². The smallest absolute Gasteiger partial charge is 0.330 e. The molecule has 1 aliphatic heterocycles. The third kappa shape index (κ3) is 1.77. The highest BCUT2D eigenvalue weighted by molar-refractivity contribution is 5.98. The summed E-state index contributed by atoms with van der Waals surface area (Å²) in [6, 6.07) is -1.29. The summed E-state index contributed by atoms with van der Waals surface area (Å²) < 4.78 is 4.42. The number of hydrogen-bond donors (Lipinski definition) is 1. The monoisotopic (exact) mass is 186 g/mol. The van der Waals surface area contributed by atoms with Gasteiger partial charge in [0.25, 0.3) is 0 Å². The molecule has 0 aliphatic carbocycles. The molecule has 1 aliphatic rings. The summed E-state index contributed by atoms with van der Waals surface area (Å²) in [6.45, 7) is 1.31. The molecule has 1 fully saturated rings. The van der Waals surface area contributed by atoms with Crippen LogP contribution in [-0.2, 0) is 14.3 Å². The zero-order chi connectivity index (χ0) is 10.0. The Balaban J connectivity index is 2.65. The lowest BCUT2D eigenvalue weighted by Crippen LogP contribution is -2.35. The van der Waals surface area contributed by atoms with Crippen LogP contribution in [0.4, 0.5) is 4.79 Å². The third-order valence-electron chi connectivity index (χ3n) is 1.77. The van der Waals surface area contributed by atoms with Gasteiger partial charge in [-0.3, -0.25) is 9.69 Å². The summed E-state index contributed by atoms with van der Waals surface area (Å²) in [4.78, 5) is 33.8. The minimum Gasteiger partial charge on any atom is -0.467 e. The molecule has 1 atom stereocenters. The molecule has 0 aromatic carbocycles. The van der Waals surface area contributed by atoms with Gasteiger partial charge in [-0.1, -0.05) is 0 Å². The van der Waals surface area contributed by atoms with Crippen molar-refractivity contribution in [3.05, 3.63) is 0 Å². The van der Waals surface area contributed by atoms with Gasteiger partial charge in [0.15, 0.2) is 0 Å². The molecule has 1 N–H and O–H groups in total. The van der Waals surface area contributed by atoms with Crippen LogP contribution in [0.1, 0.15) is 6.92 Å². The lowest BCUT2D eigenvalue weighted by atomic mass is 10.3. The number of nitrogens with zero attached hydrogens (tertiary/aromatic N) is 1. The largest absolute Gasteiger partial charge is 0.467 e. The van der Waals surface area contributed by atoms with Crippen LogP contribution < -0.4 is 5.32 Å². The van der Waals surface area contributed by atoms with Gasteiger partial charge >= 0.3 is 12.0 Å². The second-order valence-electron chi connectivity index (χ2n) is 2.65. The lowest BCUT2D eigenvalue weighted by Gasteiger charge is -2.07. The minimum absolute atomic E-state index is 0.0425. The molecule has 0 spiro atoms. The Labute approximate surface area is 74.8 Å². The average molecular weight is 186 g/mol. The van der Waals surface area contributed by atoms with Crippen LogP contribution in [0.3, 0.4) is 0 Å². The first-order valence-electron chi connectivity index (χ1n) is 3.72. The van der Waals surface area contributed by atoms with E-state index in [1.807, 2.05) is 0 Å². The third-order valence-corrected chi connectivity index (χ3v) is 1.77. The van der Waals surface area contributed by atoms with Crippen LogP contribution >= 0.6 is 0 Å². The molecule has 0 aromatic rings. The van der Waals surface area contributed by atoms with E-state index in [2.05, 4.69) is 10.1 Å². The maximum atomic E-state index is 11.0. The van der Waals surface area contributed by atoms with Crippen molar-refractivity contribution in [2.75, 3.05) is 13.7 Å².